The minimum Gasteiger partial charge on any atom is -0.450 e. The summed E-state index contributed by atoms with van der Waals surface area (Å²) < 4.78 is 25.5. The maximum absolute atomic E-state index is 9.89. The molecule has 33 heteroatoms. The minimum absolute atomic E-state index is 0. The fourth-order valence-corrected chi connectivity index (χ4v) is 6.29. The van der Waals surface area contributed by atoms with Crippen molar-refractivity contribution in [3.63, 3.8) is 0 Å². The molecule has 0 heterocycles. The average molecular weight is 1650 g/mol. The zero-order chi connectivity index (χ0) is 36.0. The summed E-state index contributed by atoms with van der Waals surface area (Å²) in [6.45, 7) is 0.790. The number of carbonyl (C=O) groups is 7. The third-order valence-electron chi connectivity index (χ3n) is 2.60. The van der Waals surface area contributed by atoms with Crippen LogP contribution in [0.25, 0.3) is 0 Å². The first-order chi connectivity index (χ1) is 21.6. The van der Waals surface area contributed by atoms with Gasteiger partial charge < -0.3 is 129 Å². The van der Waals surface area contributed by atoms with Gasteiger partial charge in [-0.3, -0.25) is 0 Å². The van der Waals surface area contributed by atoms with Gasteiger partial charge in [0.25, 0.3) is 0 Å². The van der Waals surface area contributed by atoms with E-state index in [4.69, 9.17) is 45.6 Å². The monoisotopic (exact) mass is 1650 g/mol. The molecule has 358 valence electrons. The van der Waals surface area contributed by atoms with E-state index in [1.165, 1.54) is 64.8 Å². The number of ether oxygens (including phenoxy) is 6. The first-order valence-electron chi connectivity index (χ1n) is 11.4. The summed E-state index contributed by atoms with van der Waals surface area (Å²) in [6, 6.07) is 0. The second kappa shape index (κ2) is 100.0. The third kappa shape index (κ3) is 170. The predicted octanol–water partition coefficient (Wildman–Crippen LogP) is 9.08. The largest absolute Gasteiger partial charge is 4.00 e. The third-order valence-corrected chi connectivity index (χ3v) is 9.60. The zero-order valence-corrected chi connectivity index (χ0v) is 55.1. The predicted molar refractivity (Wildman–Crippen MR) is 221 cm³/mol. The van der Waals surface area contributed by atoms with E-state index in [2.05, 4.69) is 28.4 Å². The van der Waals surface area contributed by atoms with Crippen molar-refractivity contribution in [3.05, 3.63) is 59.4 Å². The Kier molecular flexibility index (Phi) is 199. The molecule has 0 aromatic rings. The number of hydrogen-bond donors (Lipinski definition) is 8. The second-order valence-corrected chi connectivity index (χ2v) is 14.0. The van der Waals surface area contributed by atoms with Crippen molar-refractivity contribution in [2.45, 2.75) is 0 Å². The molecule has 60 heavy (non-hydrogen) atoms. The van der Waals surface area contributed by atoms with Crippen LogP contribution in [0.3, 0.4) is 0 Å². The van der Waals surface area contributed by atoms with Gasteiger partial charge in [0.15, 0.2) is 0 Å². The van der Waals surface area contributed by atoms with Crippen molar-refractivity contribution in [3.8, 4) is 0 Å². The SMILES string of the molecule is O=C(O)O.O=C(O)OCCSSCCOC(=O)O.O=C(O)OCCSSCCOC(=O)O.O=C(O)OCCSSCCOC(=O)O.[CH3-].[CH3-].[CH3-].[CH3-].[CH3-].[CH3-].[CH3-].[CH3-].[Pt+4].[Pt+4].[Y].[Y].[Y].[Y]. The van der Waals surface area contributed by atoms with E-state index in [1.807, 2.05) is 0 Å². The molecular formula is C27H56O21Pt2S6Y4. The van der Waals surface area contributed by atoms with Crippen LogP contribution in [0.15, 0.2) is 0 Å². The fourth-order valence-electron chi connectivity index (χ4n) is 1.33. The van der Waals surface area contributed by atoms with Gasteiger partial charge in [-0.2, -0.15) is 0 Å². The molecule has 0 unspecified atom stereocenters. The number of hydrogen-bond acceptors (Lipinski definition) is 19. The maximum atomic E-state index is 9.89. The molecule has 4 radical (unpaired) electrons. The topological polar surface area (TPSA) is 337 Å². The first-order valence-corrected chi connectivity index (χ1v) is 18.9. The molecule has 0 aliphatic carbocycles. The first kappa shape index (κ1) is 119. The van der Waals surface area contributed by atoms with Gasteiger partial charge in [-0.05, 0) is 0 Å². The zero-order valence-electron chi connectivity index (χ0n) is 34.3. The summed E-state index contributed by atoms with van der Waals surface area (Å²) in [5.74, 6) is 3.19. The van der Waals surface area contributed by atoms with Crippen molar-refractivity contribution in [2.75, 3.05) is 74.2 Å². The van der Waals surface area contributed by atoms with Crippen molar-refractivity contribution in [2.24, 2.45) is 0 Å². The van der Waals surface area contributed by atoms with Crippen LogP contribution in [0.1, 0.15) is 0 Å². The Morgan fingerprint density at radius 2 is 0.367 bits per heavy atom. The number of carboxylic acid groups (broad SMARTS) is 8. The molecule has 0 aliphatic rings. The van der Waals surface area contributed by atoms with E-state index < -0.39 is 43.1 Å². The smallest absolute Gasteiger partial charge is 0.450 e. The van der Waals surface area contributed by atoms with Crippen LogP contribution in [-0.4, -0.2) is 158 Å². The van der Waals surface area contributed by atoms with Gasteiger partial charge in [0.05, 0.1) is 0 Å². The van der Waals surface area contributed by atoms with Crippen molar-refractivity contribution in [1.82, 2.24) is 0 Å². The number of rotatable bonds is 21. The standard InChI is InChI=1S/3C6H10O6S2.CH2O3.8CH3.2Pt.4Y/c3*7-5(8)11-1-3-13-14-4-2-12-6(9)10;2-1(3)4;;;;;;;;;;;;;;/h3*1-4H2,(H,7,8)(H,9,10);(H2,2,3,4);8*1H3;;;;;;/q;;;;8*-1;2*+4;;;;. The van der Waals surface area contributed by atoms with Crippen LogP contribution in [0.4, 0.5) is 33.6 Å². The van der Waals surface area contributed by atoms with E-state index in [1.54, 1.807) is 0 Å². The molecule has 0 aromatic heterocycles. The van der Waals surface area contributed by atoms with Crippen LogP contribution in [0.5, 0.6) is 0 Å². The van der Waals surface area contributed by atoms with Gasteiger partial charge in [-0.15, -0.1) is 0 Å². The molecule has 21 nitrogen and oxygen atoms in total. The summed E-state index contributed by atoms with van der Waals surface area (Å²) in [5, 5.41) is 62.5. The van der Waals surface area contributed by atoms with E-state index in [-0.39, 0.29) is 272 Å². The average Bonchev–Trinajstić information content (AvgIpc) is 2.92. The van der Waals surface area contributed by atoms with E-state index in [0.29, 0.717) is 34.5 Å². The van der Waals surface area contributed by atoms with E-state index in [0.717, 1.165) is 0 Å². The van der Waals surface area contributed by atoms with Crippen molar-refractivity contribution < 1.29 is 276 Å². The van der Waals surface area contributed by atoms with E-state index in [9.17, 15) is 28.8 Å². The Balaban J connectivity index is -0.0000000237. The molecule has 0 spiro atoms. The van der Waals surface area contributed by atoms with Gasteiger partial charge in [0.1, 0.15) is 39.6 Å². The summed E-state index contributed by atoms with van der Waals surface area (Å²) in [5.41, 5.74) is 0. The van der Waals surface area contributed by atoms with Crippen molar-refractivity contribution >= 4 is 108 Å². The van der Waals surface area contributed by atoms with Crippen LogP contribution in [-0.2, 0) is 201 Å². The quantitative estimate of drug-likeness (QED) is 0.0174. The molecular weight excluding hydrogens is 1600 g/mol. The second-order valence-electron chi connectivity index (χ2n) is 5.90. The molecule has 0 saturated heterocycles. The summed E-state index contributed by atoms with van der Waals surface area (Å²) in [4.78, 5) is 67.9. The summed E-state index contributed by atoms with van der Waals surface area (Å²) in [6.07, 6.45) is -9.56. The Bertz CT molecular complexity index is 719. The normalized spacial score (nSPS) is 7.00. The Labute approximate surface area is 509 Å². The Morgan fingerprint density at radius 1 is 0.283 bits per heavy atom. The van der Waals surface area contributed by atoms with Crippen LogP contribution >= 0.6 is 64.8 Å². The minimum atomic E-state index is -1.83. The fraction of sp³-hybridized carbons (Fsp3) is 0.444. The van der Waals surface area contributed by atoms with Gasteiger partial charge in [0.2, 0.25) is 0 Å². The van der Waals surface area contributed by atoms with Crippen LogP contribution < -0.4 is 0 Å². The van der Waals surface area contributed by atoms with Crippen LogP contribution in [0.2, 0.25) is 0 Å². The molecule has 0 amide bonds. The van der Waals surface area contributed by atoms with Crippen LogP contribution in [0, 0.1) is 59.4 Å². The maximum Gasteiger partial charge on any atom is 4.00 e. The van der Waals surface area contributed by atoms with Gasteiger partial charge in [-0.25, -0.2) is 33.6 Å². The molecule has 0 bridgehead atoms. The molecule has 0 aliphatic heterocycles. The molecule has 0 atom stereocenters. The van der Waals surface area contributed by atoms with E-state index >= 15 is 0 Å². The Hall–Kier alpha value is 2.78. The molecule has 0 fully saturated rings. The van der Waals surface area contributed by atoms with Gasteiger partial charge >= 0.3 is 85.2 Å². The summed E-state index contributed by atoms with van der Waals surface area (Å²) >= 11 is 0. The molecule has 0 aromatic carbocycles. The van der Waals surface area contributed by atoms with Gasteiger partial charge in [-0.1, -0.05) is 64.8 Å². The summed E-state index contributed by atoms with van der Waals surface area (Å²) in [7, 11) is 8.41. The van der Waals surface area contributed by atoms with Crippen molar-refractivity contribution in [1.29, 1.82) is 0 Å². The molecule has 0 rings (SSSR count). The van der Waals surface area contributed by atoms with Gasteiger partial charge in [0, 0.05) is 165 Å². The Morgan fingerprint density at radius 3 is 0.433 bits per heavy atom. The molecule has 8 N–H and O–H groups in total. The molecule has 0 saturated carbocycles.